The first kappa shape index (κ1) is 16.7. The number of hydrazone groups is 1. The van der Waals surface area contributed by atoms with Gasteiger partial charge in [-0.3, -0.25) is 4.79 Å². The maximum absolute atomic E-state index is 11.9. The lowest BCUT2D eigenvalue weighted by atomic mass is 10.1. The number of rotatable bonds is 6. The molecule has 0 unspecified atom stereocenters. The second kappa shape index (κ2) is 8.13. The monoisotopic (exact) mass is 310 g/mol. The van der Waals surface area contributed by atoms with Crippen LogP contribution in [0.15, 0.2) is 53.6 Å². The number of carbonyl (C=O) groups excluding carboxylic acids is 1. The van der Waals surface area contributed by atoms with Crippen LogP contribution in [0.3, 0.4) is 0 Å². The highest BCUT2D eigenvalue weighted by atomic mass is 16.5. The van der Waals surface area contributed by atoms with Gasteiger partial charge in [-0.05, 0) is 54.8 Å². The van der Waals surface area contributed by atoms with Crippen LogP contribution in [0.5, 0.6) is 5.75 Å². The van der Waals surface area contributed by atoms with Crippen LogP contribution in [0, 0.1) is 12.8 Å². The molecule has 2 aromatic rings. The van der Waals surface area contributed by atoms with Gasteiger partial charge in [0.1, 0.15) is 5.75 Å². The topological polar surface area (TPSA) is 50.7 Å². The fraction of sp³-hybridized carbons (Fsp3) is 0.263. The van der Waals surface area contributed by atoms with Crippen LogP contribution in [0.25, 0.3) is 0 Å². The number of nitrogens with one attached hydrogen (secondary N) is 1. The van der Waals surface area contributed by atoms with Gasteiger partial charge in [-0.25, -0.2) is 5.43 Å². The first-order chi connectivity index (χ1) is 11.0. The first-order valence-corrected chi connectivity index (χ1v) is 7.67. The summed E-state index contributed by atoms with van der Waals surface area (Å²) >= 11 is 0. The predicted octanol–water partition coefficient (Wildman–Crippen LogP) is 3.79. The summed E-state index contributed by atoms with van der Waals surface area (Å²) in [5, 5.41) is 3.99. The van der Waals surface area contributed by atoms with Crippen molar-refractivity contribution in [3.8, 4) is 5.75 Å². The molecule has 0 saturated heterocycles. The Balaban J connectivity index is 1.89. The molecule has 0 radical (unpaired) electrons. The van der Waals surface area contributed by atoms with E-state index in [1.165, 1.54) is 0 Å². The van der Waals surface area contributed by atoms with E-state index in [9.17, 15) is 4.79 Å². The summed E-state index contributed by atoms with van der Waals surface area (Å²) in [6, 6.07) is 15.0. The molecule has 0 bridgehead atoms. The molecule has 1 amide bonds. The Bertz CT molecular complexity index is 676. The largest absolute Gasteiger partial charge is 0.493 e. The van der Waals surface area contributed by atoms with E-state index in [4.69, 9.17) is 4.74 Å². The number of carbonyl (C=O) groups is 1. The maximum atomic E-state index is 11.9. The highest BCUT2D eigenvalue weighted by Gasteiger charge is 2.03. The summed E-state index contributed by atoms with van der Waals surface area (Å²) in [5.41, 5.74) is 5.06. The van der Waals surface area contributed by atoms with E-state index >= 15 is 0 Å². The average Bonchev–Trinajstić information content (AvgIpc) is 2.54. The standard InChI is InChI=1S/C19H22N2O2/c1-14(2)13-23-18-9-7-16(8-10-18)12-20-21-19(22)17-6-4-5-15(3)11-17/h4-12,14H,13H2,1-3H3,(H,21,22)/b20-12-. The summed E-state index contributed by atoms with van der Waals surface area (Å²) in [5.74, 6) is 1.11. The lowest BCUT2D eigenvalue weighted by Crippen LogP contribution is -2.17. The van der Waals surface area contributed by atoms with Gasteiger partial charge in [0.05, 0.1) is 12.8 Å². The minimum absolute atomic E-state index is 0.221. The Hall–Kier alpha value is -2.62. The molecule has 4 heteroatoms. The van der Waals surface area contributed by atoms with Gasteiger partial charge in [0.2, 0.25) is 0 Å². The van der Waals surface area contributed by atoms with Crippen LogP contribution in [0.1, 0.15) is 35.3 Å². The Morgan fingerprint density at radius 1 is 1.22 bits per heavy atom. The Morgan fingerprint density at radius 3 is 2.61 bits per heavy atom. The molecule has 120 valence electrons. The number of ether oxygens (including phenoxy) is 1. The van der Waals surface area contributed by atoms with Gasteiger partial charge in [-0.1, -0.05) is 31.5 Å². The fourth-order valence-electron chi connectivity index (χ4n) is 1.93. The molecule has 2 rings (SSSR count). The van der Waals surface area contributed by atoms with E-state index in [2.05, 4.69) is 24.4 Å². The summed E-state index contributed by atoms with van der Waals surface area (Å²) in [6.45, 7) is 6.86. The van der Waals surface area contributed by atoms with Crippen LogP contribution in [0.4, 0.5) is 0 Å². The molecule has 0 spiro atoms. The van der Waals surface area contributed by atoms with Gasteiger partial charge in [-0.2, -0.15) is 5.10 Å². The van der Waals surface area contributed by atoms with E-state index in [0.29, 0.717) is 18.1 Å². The molecule has 4 nitrogen and oxygen atoms in total. The maximum Gasteiger partial charge on any atom is 0.271 e. The first-order valence-electron chi connectivity index (χ1n) is 7.67. The van der Waals surface area contributed by atoms with Gasteiger partial charge in [0.15, 0.2) is 0 Å². The van der Waals surface area contributed by atoms with Crippen LogP contribution in [-0.4, -0.2) is 18.7 Å². The van der Waals surface area contributed by atoms with Crippen molar-refractivity contribution in [3.05, 3.63) is 65.2 Å². The van der Waals surface area contributed by atoms with Crippen molar-refractivity contribution in [2.75, 3.05) is 6.61 Å². The highest BCUT2D eigenvalue weighted by Crippen LogP contribution is 2.12. The van der Waals surface area contributed by atoms with Crippen molar-refractivity contribution < 1.29 is 9.53 Å². The Morgan fingerprint density at radius 2 is 1.96 bits per heavy atom. The third-order valence-electron chi connectivity index (χ3n) is 3.12. The summed E-state index contributed by atoms with van der Waals surface area (Å²) in [7, 11) is 0. The summed E-state index contributed by atoms with van der Waals surface area (Å²) in [6.07, 6.45) is 1.61. The van der Waals surface area contributed by atoms with Gasteiger partial charge in [0.25, 0.3) is 5.91 Å². The average molecular weight is 310 g/mol. The third-order valence-corrected chi connectivity index (χ3v) is 3.12. The molecular weight excluding hydrogens is 288 g/mol. The molecule has 0 aromatic heterocycles. The smallest absolute Gasteiger partial charge is 0.271 e. The number of hydrogen-bond donors (Lipinski definition) is 1. The zero-order chi connectivity index (χ0) is 16.7. The number of amides is 1. The number of hydrogen-bond acceptors (Lipinski definition) is 3. The Labute approximate surface area is 137 Å². The molecule has 23 heavy (non-hydrogen) atoms. The van der Waals surface area contributed by atoms with Crippen molar-refractivity contribution in [2.45, 2.75) is 20.8 Å². The lowest BCUT2D eigenvalue weighted by Gasteiger charge is -2.08. The molecule has 0 atom stereocenters. The van der Waals surface area contributed by atoms with E-state index in [-0.39, 0.29) is 5.91 Å². The highest BCUT2D eigenvalue weighted by molar-refractivity contribution is 5.95. The molecule has 0 aliphatic heterocycles. The van der Waals surface area contributed by atoms with Crippen LogP contribution < -0.4 is 10.2 Å². The van der Waals surface area contributed by atoms with Gasteiger partial charge < -0.3 is 4.74 Å². The Kier molecular flexibility index (Phi) is 5.92. The third kappa shape index (κ3) is 5.58. The van der Waals surface area contributed by atoms with E-state index in [0.717, 1.165) is 16.9 Å². The molecule has 0 heterocycles. The van der Waals surface area contributed by atoms with Crippen molar-refractivity contribution in [1.29, 1.82) is 0 Å². The molecular formula is C19H22N2O2. The summed E-state index contributed by atoms with van der Waals surface area (Å²) in [4.78, 5) is 11.9. The number of benzene rings is 2. The van der Waals surface area contributed by atoms with E-state index in [1.807, 2.05) is 49.4 Å². The van der Waals surface area contributed by atoms with Crippen molar-refractivity contribution in [1.82, 2.24) is 5.43 Å². The molecule has 0 saturated carbocycles. The van der Waals surface area contributed by atoms with E-state index < -0.39 is 0 Å². The molecule has 0 aliphatic rings. The predicted molar refractivity (Wildman–Crippen MR) is 93.0 cm³/mol. The van der Waals surface area contributed by atoms with Crippen molar-refractivity contribution >= 4 is 12.1 Å². The van der Waals surface area contributed by atoms with Crippen molar-refractivity contribution in [3.63, 3.8) is 0 Å². The molecule has 2 aromatic carbocycles. The number of nitrogens with zero attached hydrogens (tertiary/aromatic N) is 1. The zero-order valence-corrected chi connectivity index (χ0v) is 13.7. The molecule has 1 N–H and O–H groups in total. The lowest BCUT2D eigenvalue weighted by molar-refractivity contribution is 0.0955. The van der Waals surface area contributed by atoms with Gasteiger partial charge in [0, 0.05) is 5.56 Å². The van der Waals surface area contributed by atoms with Gasteiger partial charge >= 0.3 is 0 Å². The second-order valence-electron chi connectivity index (χ2n) is 5.84. The van der Waals surface area contributed by atoms with Gasteiger partial charge in [-0.15, -0.1) is 0 Å². The molecule has 0 fully saturated rings. The van der Waals surface area contributed by atoms with Crippen LogP contribution >= 0.6 is 0 Å². The quantitative estimate of drug-likeness (QED) is 0.652. The second-order valence-corrected chi connectivity index (χ2v) is 5.84. The van der Waals surface area contributed by atoms with Crippen molar-refractivity contribution in [2.24, 2.45) is 11.0 Å². The molecule has 0 aliphatic carbocycles. The number of aryl methyl sites for hydroxylation is 1. The van der Waals surface area contributed by atoms with E-state index in [1.54, 1.807) is 12.3 Å². The van der Waals surface area contributed by atoms with Crippen LogP contribution in [-0.2, 0) is 0 Å². The zero-order valence-electron chi connectivity index (χ0n) is 13.7. The summed E-state index contributed by atoms with van der Waals surface area (Å²) < 4.78 is 5.62. The minimum atomic E-state index is -0.221. The normalized spacial score (nSPS) is 11.0. The van der Waals surface area contributed by atoms with Crippen LogP contribution in [0.2, 0.25) is 0 Å². The minimum Gasteiger partial charge on any atom is -0.493 e. The fourth-order valence-corrected chi connectivity index (χ4v) is 1.93. The SMILES string of the molecule is Cc1cccc(C(=O)N/N=C\c2ccc(OCC(C)C)cc2)c1.